The van der Waals surface area contributed by atoms with Gasteiger partial charge in [0.15, 0.2) is 29.7 Å². The van der Waals surface area contributed by atoms with E-state index >= 15 is 0 Å². The van der Waals surface area contributed by atoms with E-state index < -0.39 is 5.92 Å². The van der Waals surface area contributed by atoms with Crippen molar-refractivity contribution in [2.24, 2.45) is 10.8 Å². The Balaban J connectivity index is 1.41. The van der Waals surface area contributed by atoms with Crippen LogP contribution in [0.4, 0.5) is 5.69 Å². The summed E-state index contributed by atoms with van der Waals surface area (Å²) in [6.45, 7) is 10.9. The lowest BCUT2D eigenvalue weighted by atomic mass is 9.63. The van der Waals surface area contributed by atoms with Gasteiger partial charge in [-0.2, -0.15) is 0 Å². The van der Waals surface area contributed by atoms with E-state index in [0.29, 0.717) is 60.4 Å². The highest BCUT2D eigenvalue weighted by Crippen LogP contribution is 2.55. The zero-order valence-electron chi connectivity index (χ0n) is 29.2. The maximum atomic E-state index is 14.3. The van der Waals surface area contributed by atoms with Crippen molar-refractivity contribution in [3.8, 4) is 11.5 Å². The first-order valence-corrected chi connectivity index (χ1v) is 17.3. The van der Waals surface area contributed by atoms with Gasteiger partial charge in [0.25, 0.3) is 5.91 Å². The molecule has 0 bridgehead atoms. The minimum Gasteiger partial charge on any atom is -0.493 e. The van der Waals surface area contributed by atoms with Crippen molar-refractivity contribution in [2.75, 3.05) is 25.6 Å². The van der Waals surface area contributed by atoms with E-state index in [1.165, 1.54) is 12.7 Å². The molecule has 0 unspecified atom stereocenters. The zero-order valence-corrected chi connectivity index (χ0v) is 30.0. The lowest BCUT2D eigenvalue weighted by Crippen LogP contribution is -2.45. The standard InChI is InChI=1S/C41H45ClN2O5/c1-25-12-10-11-15-29(25)43-35(47)24-49-39-28(42)18-27(19-34(39)48-6)36-37-30(20-40(2,3)22-32(37)45)44(17-16-26-13-8-7-9-14-26)31-21-41(4,5)23-33(46)38(31)36/h7-15,18-19,36H,16-17,20-24H2,1-6H3,(H,43,47). The highest BCUT2D eigenvalue weighted by molar-refractivity contribution is 6.32. The average molecular weight is 681 g/mol. The van der Waals surface area contributed by atoms with E-state index in [2.05, 4.69) is 50.0 Å². The Labute approximate surface area is 294 Å². The maximum absolute atomic E-state index is 14.3. The van der Waals surface area contributed by atoms with E-state index in [-0.39, 0.29) is 45.7 Å². The van der Waals surface area contributed by atoms with E-state index in [1.54, 1.807) is 12.1 Å². The fourth-order valence-electron chi connectivity index (χ4n) is 7.62. The number of benzene rings is 3. The van der Waals surface area contributed by atoms with Crippen LogP contribution in [0.15, 0.2) is 89.3 Å². The topological polar surface area (TPSA) is 84.9 Å². The van der Waals surface area contributed by atoms with Crippen LogP contribution in [0.2, 0.25) is 5.02 Å². The Morgan fingerprint density at radius 3 is 2.06 bits per heavy atom. The average Bonchev–Trinajstić information content (AvgIpc) is 3.03. The van der Waals surface area contributed by atoms with E-state index in [0.717, 1.165) is 23.4 Å². The molecule has 0 spiro atoms. The normalized spacial score (nSPS) is 18.6. The molecule has 2 aliphatic carbocycles. The molecular formula is C41H45ClN2O5. The van der Waals surface area contributed by atoms with Gasteiger partial charge in [-0.25, -0.2) is 0 Å². The van der Waals surface area contributed by atoms with Crippen molar-refractivity contribution >= 4 is 34.8 Å². The first-order valence-electron chi connectivity index (χ1n) is 17.0. The van der Waals surface area contributed by atoms with Crippen LogP contribution in [0.5, 0.6) is 11.5 Å². The Morgan fingerprint density at radius 2 is 1.47 bits per heavy atom. The van der Waals surface area contributed by atoms with Crippen LogP contribution in [-0.4, -0.2) is 42.6 Å². The Hall–Kier alpha value is -4.36. The minimum absolute atomic E-state index is 0.0495. The van der Waals surface area contributed by atoms with Crippen LogP contribution >= 0.6 is 11.6 Å². The number of allylic oxidation sites excluding steroid dienone is 4. The third-order valence-electron chi connectivity index (χ3n) is 9.84. The highest BCUT2D eigenvalue weighted by atomic mass is 35.5. The number of ketones is 2. The molecule has 0 aromatic heterocycles. The molecule has 3 aromatic rings. The van der Waals surface area contributed by atoms with Gasteiger partial charge in [-0.1, -0.05) is 87.8 Å². The van der Waals surface area contributed by atoms with Crippen LogP contribution in [0, 0.1) is 17.8 Å². The van der Waals surface area contributed by atoms with Gasteiger partial charge in [-0.15, -0.1) is 0 Å². The first kappa shape index (κ1) is 34.5. The number of aryl methyl sites for hydroxylation is 1. The smallest absolute Gasteiger partial charge is 0.262 e. The van der Waals surface area contributed by atoms with Gasteiger partial charge in [0.1, 0.15) is 0 Å². The number of amides is 1. The molecule has 1 aliphatic heterocycles. The molecule has 0 radical (unpaired) electrons. The summed E-state index contributed by atoms with van der Waals surface area (Å²) in [7, 11) is 1.51. The Kier molecular flexibility index (Phi) is 9.51. The lowest BCUT2D eigenvalue weighted by Gasteiger charge is -2.49. The fraction of sp³-hybridized carbons (Fsp3) is 0.390. The summed E-state index contributed by atoms with van der Waals surface area (Å²) < 4.78 is 11.7. The summed E-state index contributed by atoms with van der Waals surface area (Å²) in [5.74, 6) is -0.274. The predicted molar refractivity (Wildman–Crippen MR) is 193 cm³/mol. The number of carbonyl (C=O) groups excluding carboxylic acids is 3. The van der Waals surface area contributed by atoms with Gasteiger partial charge >= 0.3 is 0 Å². The molecule has 3 aliphatic rings. The molecule has 8 heteroatoms. The number of nitrogens with one attached hydrogen (secondary N) is 1. The van der Waals surface area contributed by atoms with Crippen molar-refractivity contribution in [3.05, 3.63) is 111 Å². The van der Waals surface area contributed by atoms with Crippen LogP contribution < -0.4 is 14.8 Å². The number of halogens is 1. The molecule has 256 valence electrons. The summed E-state index contributed by atoms with van der Waals surface area (Å²) in [6.07, 6.45) is 2.99. The molecule has 49 heavy (non-hydrogen) atoms. The number of methoxy groups -OCH3 is 1. The SMILES string of the molecule is COc1cc(C2C3=C(CC(C)(C)CC3=O)N(CCc3ccccc3)C3=C2C(=O)CC(C)(C)C3)cc(Cl)c1OCC(=O)Nc1ccccc1C. The lowest BCUT2D eigenvalue weighted by molar-refractivity contribution is -0.120. The summed E-state index contributed by atoms with van der Waals surface area (Å²) in [6, 6.07) is 21.4. The second kappa shape index (κ2) is 13.5. The summed E-state index contributed by atoms with van der Waals surface area (Å²) in [5.41, 5.74) is 6.40. The number of rotatable bonds is 9. The molecule has 0 fully saturated rings. The van der Waals surface area contributed by atoms with E-state index in [9.17, 15) is 14.4 Å². The van der Waals surface area contributed by atoms with Crippen molar-refractivity contribution in [3.63, 3.8) is 0 Å². The summed E-state index contributed by atoms with van der Waals surface area (Å²) >= 11 is 6.91. The van der Waals surface area contributed by atoms with Crippen LogP contribution in [0.25, 0.3) is 0 Å². The van der Waals surface area contributed by atoms with Gasteiger partial charge in [-0.05, 0) is 71.9 Å². The molecule has 0 saturated carbocycles. The number of hydrogen-bond acceptors (Lipinski definition) is 6. The quantitative estimate of drug-likeness (QED) is 0.244. The second-order valence-corrected chi connectivity index (χ2v) is 15.5. The van der Waals surface area contributed by atoms with Crippen LogP contribution in [0.1, 0.15) is 76.0 Å². The molecule has 0 saturated heterocycles. The van der Waals surface area contributed by atoms with E-state index in [1.807, 2.05) is 49.4 Å². The number of ether oxygens (including phenoxy) is 2. The fourth-order valence-corrected chi connectivity index (χ4v) is 7.89. The van der Waals surface area contributed by atoms with Crippen molar-refractivity contribution < 1.29 is 23.9 Å². The summed E-state index contributed by atoms with van der Waals surface area (Å²) in [4.78, 5) is 43.6. The number of Topliss-reactive ketones (excluding diaryl/α,β-unsaturated/α-hetero) is 2. The number of para-hydroxylation sites is 1. The molecule has 0 atom stereocenters. The predicted octanol–water partition coefficient (Wildman–Crippen LogP) is 8.60. The molecule has 1 heterocycles. The highest BCUT2D eigenvalue weighted by Gasteiger charge is 2.49. The second-order valence-electron chi connectivity index (χ2n) is 15.1. The van der Waals surface area contributed by atoms with Crippen molar-refractivity contribution in [1.29, 1.82) is 0 Å². The first-order chi connectivity index (χ1) is 23.3. The number of hydrogen-bond donors (Lipinski definition) is 1. The third-order valence-corrected chi connectivity index (χ3v) is 10.1. The van der Waals surface area contributed by atoms with E-state index in [4.69, 9.17) is 21.1 Å². The Bertz CT molecular complexity index is 1820. The molecular weight excluding hydrogens is 636 g/mol. The number of anilines is 1. The number of carbonyl (C=O) groups is 3. The molecule has 3 aromatic carbocycles. The monoisotopic (exact) mass is 680 g/mol. The zero-order chi connectivity index (χ0) is 35.1. The molecule has 7 nitrogen and oxygen atoms in total. The molecule has 6 rings (SSSR count). The van der Waals surface area contributed by atoms with Gasteiger partial charge in [0.05, 0.1) is 12.1 Å². The Morgan fingerprint density at radius 1 is 0.878 bits per heavy atom. The molecule has 1 N–H and O–H groups in total. The van der Waals surface area contributed by atoms with Crippen LogP contribution in [0.3, 0.4) is 0 Å². The third kappa shape index (κ3) is 7.18. The van der Waals surface area contributed by atoms with Gasteiger partial charge in [-0.3, -0.25) is 14.4 Å². The minimum atomic E-state index is -0.588. The van der Waals surface area contributed by atoms with Crippen LogP contribution in [-0.2, 0) is 20.8 Å². The largest absolute Gasteiger partial charge is 0.493 e. The maximum Gasteiger partial charge on any atom is 0.262 e. The van der Waals surface area contributed by atoms with Gasteiger partial charge in [0, 0.05) is 53.5 Å². The van der Waals surface area contributed by atoms with Gasteiger partial charge < -0.3 is 19.7 Å². The number of nitrogens with zero attached hydrogens (tertiary/aromatic N) is 1. The van der Waals surface area contributed by atoms with Crippen molar-refractivity contribution in [1.82, 2.24) is 4.90 Å². The molecule has 1 amide bonds. The van der Waals surface area contributed by atoms with Crippen molar-refractivity contribution in [2.45, 2.75) is 72.6 Å². The summed E-state index contributed by atoms with van der Waals surface area (Å²) in [5, 5.41) is 3.11. The van der Waals surface area contributed by atoms with Gasteiger partial charge in [0.2, 0.25) is 0 Å².